The van der Waals surface area contributed by atoms with Crippen molar-refractivity contribution in [1.29, 1.82) is 0 Å². The molecule has 3 N–H and O–H groups in total. The lowest BCUT2D eigenvalue weighted by Gasteiger charge is -2.32. The molecule has 6 aromatic rings. The van der Waals surface area contributed by atoms with Crippen LogP contribution in [-0.4, -0.2) is 70.4 Å². The molecule has 13 heteroatoms. The van der Waals surface area contributed by atoms with Crippen molar-refractivity contribution < 1.29 is 9.53 Å². The predicted octanol–water partition coefficient (Wildman–Crippen LogP) is 7.80. The highest BCUT2D eigenvalue weighted by molar-refractivity contribution is 7.17. The molecule has 1 aliphatic rings. The molecule has 53 heavy (non-hydrogen) atoms. The highest BCUT2D eigenvalue weighted by atomic mass is 32.1. The Kier molecular flexibility index (Phi) is 11.2. The fraction of sp³-hybridized carbons (Fsp3) is 0.275. The van der Waals surface area contributed by atoms with Crippen LogP contribution < -0.4 is 16.0 Å². The van der Waals surface area contributed by atoms with Gasteiger partial charge in [-0.15, -0.1) is 22.7 Å². The van der Waals surface area contributed by atoms with Gasteiger partial charge in [-0.05, 0) is 80.1 Å². The third-order valence-corrected chi connectivity index (χ3v) is 11.0. The Labute approximate surface area is 316 Å². The first-order chi connectivity index (χ1) is 25.9. The van der Waals surface area contributed by atoms with E-state index in [2.05, 4.69) is 57.4 Å². The number of anilines is 2. The molecule has 1 atom stereocenters. The molecule has 1 amide bonds. The third-order valence-electron chi connectivity index (χ3n) is 9.36. The number of carbonyl (C=O) groups is 1. The molecule has 6 heterocycles. The van der Waals surface area contributed by atoms with Gasteiger partial charge < -0.3 is 20.7 Å². The second-order valence-electron chi connectivity index (χ2n) is 13.0. The Morgan fingerprint density at radius 2 is 1.94 bits per heavy atom. The lowest BCUT2D eigenvalue weighted by Crippen LogP contribution is -2.39. The quantitative estimate of drug-likeness (QED) is 0.0843. The number of primary amides is 1. The fourth-order valence-electron chi connectivity index (χ4n) is 6.44. The zero-order valence-electron chi connectivity index (χ0n) is 29.7. The van der Waals surface area contributed by atoms with Gasteiger partial charge in [0.1, 0.15) is 32.7 Å². The van der Waals surface area contributed by atoms with Gasteiger partial charge in [0.2, 0.25) is 5.91 Å². The summed E-state index contributed by atoms with van der Waals surface area (Å²) in [5.74, 6) is 2.34. The molecule has 7 rings (SSSR count). The summed E-state index contributed by atoms with van der Waals surface area (Å²) in [5, 5.41) is 9.70. The van der Waals surface area contributed by atoms with Crippen molar-refractivity contribution in [2.24, 2.45) is 16.6 Å². The predicted molar refractivity (Wildman–Crippen MR) is 218 cm³/mol. The molecule has 1 aromatic carbocycles. The monoisotopic (exact) mass is 743 g/mol. The number of fused-ring (bicyclic) bond motifs is 2. The Hall–Kier alpha value is -5.37. The van der Waals surface area contributed by atoms with Gasteiger partial charge in [0.25, 0.3) is 0 Å². The number of ether oxygens (including phenoxy) is 1. The van der Waals surface area contributed by atoms with Gasteiger partial charge in [0.15, 0.2) is 11.6 Å². The van der Waals surface area contributed by atoms with Gasteiger partial charge >= 0.3 is 0 Å². The number of nitrogens with zero attached hydrogens (tertiary/aromatic N) is 7. The minimum Gasteiger partial charge on any atom is -0.385 e. The van der Waals surface area contributed by atoms with E-state index >= 15 is 0 Å². The molecule has 0 spiro atoms. The van der Waals surface area contributed by atoms with Crippen LogP contribution >= 0.6 is 22.7 Å². The number of aliphatic imine (C=N–C) groups is 1. The molecular formula is C40H41N9O2S2. The topological polar surface area (TPSA) is 144 Å². The van der Waals surface area contributed by atoms with Crippen LogP contribution in [0.5, 0.6) is 0 Å². The van der Waals surface area contributed by atoms with Gasteiger partial charge in [0.05, 0.1) is 10.8 Å². The van der Waals surface area contributed by atoms with Crippen LogP contribution in [0.4, 0.5) is 11.6 Å². The second-order valence-corrected chi connectivity index (χ2v) is 14.7. The van der Waals surface area contributed by atoms with Gasteiger partial charge in [-0.1, -0.05) is 42.5 Å². The van der Waals surface area contributed by atoms with Gasteiger partial charge in [0, 0.05) is 55.9 Å². The summed E-state index contributed by atoms with van der Waals surface area (Å²) in [5.41, 5.74) is 10.2. The number of nitrogens with one attached hydrogen (secondary N) is 1. The van der Waals surface area contributed by atoms with Crippen LogP contribution in [0.15, 0.2) is 88.7 Å². The van der Waals surface area contributed by atoms with Crippen molar-refractivity contribution in [2.75, 3.05) is 37.0 Å². The maximum absolute atomic E-state index is 11.9. The Morgan fingerprint density at radius 1 is 1.11 bits per heavy atom. The Balaban J connectivity index is 1.13. The van der Waals surface area contributed by atoms with E-state index < -0.39 is 0 Å². The summed E-state index contributed by atoms with van der Waals surface area (Å²) in [4.78, 5) is 44.7. The molecule has 11 nitrogen and oxygen atoms in total. The lowest BCUT2D eigenvalue weighted by molar-refractivity contribution is -0.122. The number of benzene rings is 1. The number of nitrogens with two attached hydrogens (primary N) is 1. The maximum atomic E-state index is 11.9. The number of carbonyl (C=O) groups excluding carboxylic acids is 1. The number of methoxy groups -OCH3 is 1. The van der Waals surface area contributed by atoms with E-state index in [9.17, 15) is 4.79 Å². The maximum Gasteiger partial charge on any atom is 0.220 e. The summed E-state index contributed by atoms with van der Waals surface area (Å²) < 4.78 is 5.26. The highest BCUT2D eigenvalue weighted by Crippen LogP contribution is 2.40. The van der Waals surface area contributed by atoms with Crippen LogP contribution in [0.3, 0.4) is 0 Å². The smallest absolute Gasteiger partial charge is 0.220 e. The number of amides is 1. The van der Waals surface area contributed by atoms with Crippen molar-refractivity contribution in [1.82, 2.24) is 24.9 Å². The van der Waals surface area contributed by atoms with Crippen molar-refractivity contribution in [3.8, 4) is 22.6 Å². The number of hydrogen-bond donors (Lipinski definition) is 2. The third kappa shape index (κ3) is 8.17. The number of pyridine rings is 1. The minimum absolute atomic E-state index is 0.127. The van der Waals surface area contributed by atoms with E-state index in [1.165, 1.54) is 0 Å². The first-order valence-corrected chi connectivity index (χ1v) is 19.4. The number of hydrogen-bond acceptors (Lipinski definition) is 12. The zero-order valence-corrected chi connectivity index (χ0v) is 31.4. The van der Waals surface area contributed by atoms with E-state index in [0.29, 0.717) is 62.0 Å². The zero-order chi connectivity index (χ0) is 36.7. The number of thiophene rings is 2. The first kappa shape index (κ1) is 36.0. The Morgan fingerprint density at radius 3 is 2.72 bits per heavy atom. The summed E-state index contributed by atoms with van der Waals surface area (Å²) in [7, 11) is 1.71. The molecule has 0 radical (unpaired) electrons. The van der Waals surface area contributed by atoms with Crippen LogP contribution in [0.1, 0.15) is 37.6 Å². The summed E-state index contributed by atoms with van der Waals surface area (Å²) in [6.45, 7) is 8.00. The van der Waals surface area contributed by atoms with E-state index in [4.69, 9.17) is 30.4 Å². The van der Waals surface area contributed by atoms with Crippen LogP contribution in [0.25, 0.3) is 48.8 Å². The summed E-state index contributed by atoms with van der Waals surface area (Å²) in [6, 6.07) is 16.5. The molecule has 0 bridgehead atoms. The standard InChI is InChI=1S/C40H41N9O2S2/c1-25(16-21-51-3)44-35-29-17-22-52-39(29)47-37(45-35)32-23-26(13-18-43-32)9-7-8-12-31(42-2)36-46-38(49-19-14-28(15-20-49)34(41)50)33-30(24-53-40(33)48-36)27-10-5-4-6-11-27/h4-8,10-13,17-18,22-25,28H,2,9,14-16,19-21H2,1,3H3,(H2,41,50)(H,44,45,47)/b8-7-,31-12-. The minimum atomic E-state index is -0.242. The largest absolute Gasteiger partial charge is 0.385 e. The van der Waals surface area contributed by atoms with Crippen LogP contribution in [0.2, 0.25) is 0 Å². The van der Waals surface area contributed by atoms with Gasteiger partial charge in [-0.2, -0.15) is 0 Å². The summed E-state index contributed by atoms with van der Waals surface area (Å²) >= 11 is 3.17. The molecule has 1 fully saturated rings. The van der Waals surface area contributed by atoms with Crippen molar-refractivity contribution in [2.45, 2.75) is 38.6 Å². The van der Waals surface area contributed by atoms with Crippen LogP contribution in [0, 0.1) is 5.92 Å². The molecule has 1 aliphatic heterocycles. The molecule has 5 aromatic heterocycles. The fourth-order valence-corrected chi connectivity index (χ4v) is 8.14. The first-order valence-electron chi connectivity index (χ1n) is 17.6. The van der Waals surface area contributed by atoms with Crippen molar-refractivity contribution >= 4 is 73.1 Å². The van der Waals surface area contributed by atoms with E-state index in [0.717, 1.165) is 55.2 Å². The van der Waals surface area contributed by atoms with Crippen molar-refractivity contribution in [3.05, 3.63) is 95.1 Å². The van der Waals surface area contributed by atoms with E-state index in [1.807, 2.05) is 53.9 Å². The van der Waals surface area contributed by atoms with Crippen LogP contribution in [-0.2, 0) is 16.0 Å². The summed E-state index contributed by atoms with van der Waals surface area (Å²) in [6.07, 6.45) is 10.6. The van der Waals surface area contributed by atoms with Crippen molar-refractivity contribution in [3.63, 3.8) is 0 Å². The molecule has 270 valence electrons. The Bertz CT molecular complexity index is 2290. The average molecular weight is 744 g/mol. The van der Waals surface area contributed by atoms with Gasteiger partial charge in [-0.25, -0.2) is 19.9 Å². The lowest BCUT2D eigenvalue weighted by atomic mass is 9.96. The molecule has 1 unspecified atom stereocenters. The normalized spacial score (nSPS) is 14.7. The highest BCUT2D eigenvalue weighted by Gasteiger charge is 2.27. The SMILES string of the molecule is C=N/C(=C\C=C/Cc1ccnc(-c2nc(NC(C)CCOC)c3ccsc3n2)c1)c1nc(N2CCC(C(N)=O)CC2)c2c(-c3ccccc3)csc2n1. The molecule has 0 saturated carbocycles. The number of piperidine rings is 1. The second kappa shape index (κ2) is 16.5. The van der Waals surface area contributed by atoms with E-state index in [-0.39, 0.29) is 17.9 Å². The molecular weight excluding hydrogens is 703 g/mol. The number of rotatable bonds is 14. The van der Waals surface area contributed by atoms with Gasteiger partial charge in [-0.3, -0.25) is 14.8 Å². The van der Waals surface area contributed by atoms with E-state index in [1.54, 1.807) is 36.0 Å². The molecule has 1 saturated heterocycles. The number of aromatic nitrogens is 5. The average Bonchev–Trinajstić information content (AvgIpc) is 3.85. The number of allylic oxidation sites excluding steroid dienone is 3. The molecule has 0 aliphatic carbocycles.